The van der Waals surface area contributed by atoms with Gasteiger partial charge in [-0.3, -0.25) is 0 Å². The minimum Gasteiger partial charge on any atom is -0.490 e. The summed E-state index contributed by atoms with van der Waals surface area (Å²) in [5, 5.41) is 0. The van der Waals surface area contributed by atoms with Gasteiger partial charge in [0.15, 0.2) is 0 Å². The fraction of sp³-hybridized carbons (Fsp3) is 0.143. The summed E-state index contributed by atoms with van der Waals surface area (Å²) in [6, 6.07) is 12.0. The van der Waals surface area contributed by atoms with Gasteiger partial charge in [-0.2, -0.15) is 0 Å². The molecule has 0 atom stereocenters. The Morgan fingerprint density at radius 3 is 2.20 bits per heavy atom. The zero-order chi connectivity index (χ0) is 14.5. The number of hydrogen-bond donors (Lipinski definition) is 0. The lowest BCUT2D eigenvalue weighted by Gasteiger charge is -2.12. The molecule has 2 rings (SSSR count). The maximum Gasteiger partial charge on any atom is 0.146 e. The van der Waals surface area contributed by atoms with E-state index in [4.69, 9.17) is 9.47 Å². The SMILES string of the molecule is Brc1cccc(OCCOc2c(I)cc(I)cc2I)c1. The number of rotatable bonds is 5. The molecule has 0 N–H and O–H groups in total. The van der Waals surface area contributed by atoms with Crippen molar-refractivity contribution in [2.24, 2.45) is 0 Å². The summed E-state index contributed by atoms with van der Waals surface area (Å²) in [5.41, 5.74) is 0. The molecule has 0 aromatic heterocycles. The Balaban J connectivity index is 1.88. The number of ether oxygens (including phenoxy) is 2. The van der Waals surface area contributed by atoms with Gasteiger partial charge >= 0.3 is 0 Å². The van der Waals surface area contributed by atoms with Gasteiger partial charge in [0.1, 0.15) is 24.7 Å². The summed E-state index contributed by atoms with van der Waals surface area (Å²) in [4.78, 5) is 0. The highest BCUT2D eigenvalue weighted by Crippen LogP contribution is 2.29. The average Bonchev–Trinajstić information content (AvgIpc) is 2.36. The fourth-order valence-electron chi connectivity index (χ4n) is 1.53. The van der Waals surface area contributed by atoms with Crippen molar-refractivity contribution < 1.29 is 9.47 Å². The van der Waals surface area contributed by atoms with E-state index in [0.717, 1.165) is 23.1 Å². The highest BCUT2D eigenvalue weighted by molar-refractivity contribution is 14.1. The van der Waals surface area contributed by atoms with E-state index >= 15 is 0 Å². The Morgan fingerprint density at radius 2 is 1.55 bits per heavy atom. The Morgan fingerprint density at radius 1 is 0.900 bits per heavy atom. The first-order chi connectivity index (χ1) is 9.56. The van der Waals surface area contributed by atoms with Crippen molar-refractivity contribution >= 4 is 83.7 Å². The Kier molecular flexibility index (Phi) is 7.14. The maximum atomic E-state index is 5.82. The van der Waals surface area contributed by atoms with Gasteiger partial charge in [0, 0.05) is 8.04 Å². The zero-order valence-corrected chi connectivity index (χ0v) is 18.3. The van der Waals surface area contributed by atoms with Crippen LogP contribution in [-0.2, 0) is 0 Å². The van der Waals surface area contributed by atoms with Crippen LogP contribution in [0.3, 0.4) is 0 Å². The topological polar surface area (TPSA) is 18.5 Å². The van der Waals surface area contributed by atoms with Crippen molar-refractivity contribution in [3.63, 3.8) is 0 Å². The lowest BCUT2D eigenvalue weighted by molar-refractivity contribution is 0.215. The van der Waals surface area contributed by atoms with Crippen molar-refractivity contribution in [1.82, 2.24) is 0 Å². The van der Waals surface area contributed by atoms with E-state index in [1.54, 1.807) is 0 Å². The summed E-state index contributed by atoms with van der Waals surface area (Å²) < 4.78 is 16.0. The number of benzene rings is 2. The van der Waals surface area contributed by atoms with E-state index in [1.807, 2.05) is 24.3 Å². The van der Waals surface area contributed by atoms with E-state index in [9.17, 15) is 0 Å². The lowest BCUT2D eigenvalue weighted by atomic mass is 10.3. The van der Waals surface area contributed by atoms with Crippen LogP contribution in [0.1, 0.15) is 0 Å². The van der Waals surface area contributed by atoms with Crippen molar-refractivity contribution in [2.45, 2.75) is 0 Å². The van der Waals surface area contributed by atoms with Gasteiger partial charge in [0.05, 0.1) is 7.14 Å². The van der Waals surface area contributed by atoms with Crippen molar-refractivity contribution in [3.8, 4) is 11.5 Å². The third kappa shape index (κ3) is 5.16. The monoisotopic (exact) mass is 670 g/mol. The standard InChI is InChI=1S/C14H10BrI3O2/c15-9-2-1-3-11(6-9)19-4-5-20-14-12(17)7-10(16)8-13(14)18/h1-3,6-8H,4-5H2. The average molecular weight is 671 g/mol. The molecule has 106 valence electrons. The van der Waals surface area contributed by atoms with E-state index in [0.29, 0.717) is 13.2 Å². The van der Waals surface area contributed by atoms with E-state index in [1.165, 1.54) is 3.57 Å². The normalized spacial score (nSPS) is 10.4. The van der Waals surface area contributed by atoms with E-state index < -0.39 is 0 Å². The van der Waals surface area contributed by atoms with Gasteiger partial charge in [0.2, 0.25) is 0 Å². The fourth-order valence-corrected chi connectivity index (χ4v) is 5.80. The third-order valence-electron chi connectivity index (χ3n) is 2.36. The van der Waals surface area contributed by atoms with Crippen LogP contribution in [0.5, 0.6) is 11.5 Å². The molecule has 0 aliphatic heterocycles. The van der Waals surface area contributed by atoms with Crippen LogP contribution in [-0.4, -0.2) is 13.2 Å². The summed E-state index contributed by atoms with van der Waals surface area (Å²) in [5.74, 6) is 1.78. The molecule has 0 bridgehead atoms. The quantitative estimate of drug-likeness (QED) is 0.300. The van der Waals surface area contributed by atoms with Crippen molar-refractivity contribution in [1.29, 1.82) is 0 Å². The Hall–Kier alpha value is 0.710. The molecule has 0 spiro atoms. The molecule has 2 aromatic rings. The first kappa shape index (κ1) is 17.1. The van der Waals surface area contributed by atoms with Crippen LogP contribution in [0.15, 0.2) is 40.9 Å². The summed E-state index contributed by atoms with van der Waals surface area (Å²) in [6.07, 6.45) is 0. The molecule has 0 heterocycles. The molecule has 0 radical (unpaired) electrons. The first-order valence-corrected chi connectivity index (χ1v) is 9.75. The second-order valence-corrected chi connectivity index (χ2v) is 8.34. The summed E-state index contributed by atoms with van der Waals surface area (Å²) in [7, 11) is 0. The number of halogens is 4. The second kappa shape index (κ2) is 8.37. The Bertz CT molecular complexity index is 582. The molecule has 20 heavy (non-hydrogen) atoms. The molecule has 0 fully saturated rings. The van der Waals surface area contributed by atoms with Crippen molar-refractivity contribution in [2.75, 3.05) is 13.2 Å². The van der Waals surface area contributed by atoms with Crippen LogP contribution in [0.25, 0.3) is 0 Å². The van der Waals surface area contributed by atoms with E-state index in [2.05, 4.69) is 95.8 Å². The molecule has 2 aromatic carbocycles. The molecule has 0 unspecified atom stereocenters. The largest absolute Gasteiger partial charge is 0.490 e. The smallest absolute Gasteiger partial charge is 0.146 e. The molecule has 0 saturated heterocycles. The van der Waals surface area contributed by atoms with Crippen LogP contribution in [0, 0.1) is 10.7 Å². The van der Waals surface area contributed by atoms with Crippen LogP contribution < -0.4 is 9.47 Å². The maximum absolute atomic E-state index is 5.82. The van der Waals surface area contributed by atoms with Gasteiger partial charge in [-0.1, -0.05) is 22.0 Å². The highest BCUT2D eigenvalue weighted by Gasteiger charge is 2.08. The lowest BCUT2D eigenvalue weighted by Crippen LogP contribution is -2.10. The van der Waals surface area contributed by atoms with Gasteiger partial charge in [-0.15, -0.1) is 0 Å². The van der Waals surface area contributed by atoms with Crippen LogP contribution >= 0.6 is 83.7 Å². The second-order valence-electron chi connectivity index (χ2n) is 3.85. The molecule has 0 aliphatic rings. The van der Waals surface area contributed by atoms with Gasteiger partial charge in [-0.25, -0.2) is 0 Å². The minimum atomic E-state index is 0.522. The first-order valence-electron chi connectivity index (χ1n) is 5.72. The molecular formula is C14H10BrI3O2. The van der Waals surface area contributed by atoms with Gasteiger partial charge in [0.25, 0.3) is 0 Å². The van der Waals surface area contributed by atoms with Gasteiger partial charge < -0.3 is 9.47 Å². The molecular weight excluding hydrogens is 661 g/mol. The number of hydrogen-bond acceptors (Lipinski definition) is 2. The summed E-state index contributed by atoms with van der Waals surface area (Å²) in [6.45, 7) is 1.05. The predicted molar refractivity (Wildman–Crippen MR) is 110 cm³/mol. The molecule has 0 saturated carbocycles. The Labute approximate surface area is 167 Å². The van der Waals surface area contributed by atoms with Crippen LogP contribution in [0.4, 0.5) is 0 Å². The third-order valence-corrected chi connectivity index (χ3v) is 5.08. The predicted octanol–water partition coefficient (Wildman–Crippen LogP) is 5.72. The molecule has 6 heteroatoms. The van der Waals surface area contributed by atoms with Crippen LogP contribution in [0.2, 0.25) is 0 Å². The zero-order valence-electron chi connectivity index (χ0n) is 10.2. The minimum absolute atomic E-state index is 0.522. The molecule has 0 amide bonds. The van der Waals surface area contributed by atoms with Gasteiger partial charge in [-0.05, 0) is 98.1 Å². The highest BCUT2D eigenvalue weighted by atomic mass is 127. The molecule has 2 nitrogen and oxygen atoms in total. The summed E-state index contributed by atoms with van der Waals surface area (Å²) >= 11 is 10.3. The van der Waals surface area contributed by atoms with E-state index in [-0.39, 0.29) is 0 Å². The molecule has 0 aliphatic carbocycles. The van der Waals surface area contributed by atoms with Crippen molar-refractivity contribution in [3.05, 3.63) is 51.6 Å².